The molecular formula is C22H41IN4O. The fourth-order valence-electron chi connectivity index (χ4n) is 3.16. The molecule has 0 bridgehead atoms. The predicted octanol–water partition coefficient (Wildman–Crippen LogP) is 3.90. The fraction of sp³-hybridized carbons (Fsp3) is 0.682. The summed E-state index contributed by atoms with van der Waals surface area (Å²) in [7, 11) is 4.12. The number of nitrogens with zero attached hydrogens (tertiary/aromatic N) is 2. The smallest absolute Gasteiger partial charge is 0.191 e. The summed E-state index contributed by atoms with van der Waals surface area (Å²) in [5, 5.41) is 16.0. The zero-order chi connectivity index (χ0) is 20.1. The second-order valence-electron chi connectivity index (χ2n) is 7.82. The van der Waals surface area contributed by atoms with Crippen molar-refractivity contribution in [3.8, 4) is 0 Å². The molecule has 0 spiro atoms. The number of benzene rings is 1. The maximum absolute atomic E-state index is 9.26. The third-order valence-corrected chi connectivity index (χ3v) is 4.58. The number of aryl methyl sites for hydroxylation is 1. The first-order chi connectivity index (χ1) is 13.0. The molecule has 1 atom stereocenters. The molecule has 0 amide bonds. The molecule has 3 N–H and O–H groups in total. The third kappa shape index (κ3) is 11.7. The minimum absolute atomic E-state index is 0. The molecule has 162 valence electrons. The van der Waals surface area contributed by atoms with E-state index in [1.165, 1.54) is 11.3 Å². The van der Waals surface area contributed by atoms with Crippen molar-refractivity contribution in [2.24, 2.45) is 16.8 Å². The van der Waals surface area contributed by atoms with Gasteiger partial charge in [-0.3, -0.25) is 4.99 Å². The second-order valence-corrected chi connectivity index (χ2v) is 7.82. The van der Waals surface area contributed by atoms with Crippen molar-refractivity contribution >= 4 is 35.6 Å². The lowest BCUT2D eigenvalue weighted by atomic mass is 9.94. The van der Waals surface area contributed by atoms with Gasteiger partial charge >= 0.3 is 0 Å². The number of aliphatic hydroxyl groups is 1. The standard InChI is InChI=1S/C22H40N4O.HI/c1-6-23-22(25-17-20(13-15-27)16-18(2)3)24-14-7-8-19-9-11-21(12-10-19)26(4)5;/h9-12,18,20,27H,6-8,13-17H2,1-5H3,(H2,23,24,25);1H. The molecule has 1 unspecified atom stereocenters. The topological polar surface area (TPSA) is 59.9 Å². The van der Waals surface area contributed by atoms with Gasteiger partial charge in [-0.25, -0.2) is 0 Å². The van der Waals surface area contributed by atoms with E-state index in [9.17, 15) is 5.11 Å². The average molecular weight is 505 g/mol. The van der Waals surface area contributed by atoms with E-state index >= 15 is 0 Å². The molecule has 0 saturated carbocycles. The molecule has 0 heterocycles. The van der Waals surface area contributed by atoms with Gasteiger partial charge in [0.05, 0.1) is 0 Å². The van der Waals surface area contributed by atoms with Crippen LogP contribution in [0.4, 0.5) is 5.69 Å². The van der Waals surface area contributed by atoms with E-state index in [2.05, 4.69) is 74.7 Å². The van der Waals surface area contributed by atoms with Gasteiger partial charge < -0.3 is 20.6 Å². The van der Waals surface area contributed by atoms with Crippen LogP contribution in [0.15, 0.2) is 29.3 Å². The molecular weight excluding hydrogens is 463 g/mol. The highest BCUT2D eigenvalue weighted by Crippen LogP contribution is 2.15. The molecule has 1 rings (SSSR count). The van der Waals surface area contributed by atoms with E-state index < -0.39 is 0 Å². The van der Waals surface area contributed by atoms with Gasteiger partial charge in [-0.1, -0.05) is 26.0 Å². The van der Waals surface area contributed by atoms with Crippen molar-refractivity contribution in [1.29, 1.82) is 0 Å². The van der Waals surface area contributed by atoms with Gasteiger partial charge in [0.15, 0.2) is 5.96 Å². The van der Waals surface area contributed by atoms with Crippen LogP contribution in [0.2, 0.25) is 0 Å². The van der Waals surface area contributed by atoms with Crippen LogP contribution in [0.25, 0.3) is 0 Å². The Bertz CT molecular complexity index is 532. The van der Waals surface area contributed by atoms with Crippen LogP contribution in [-0.2, 0) is 6.42 Å². The zero-order valence-corrected chi connectivity index (χ0v) is 20.7. The quantitative estimate of drug-likeness (QED) is 0.175. The minimum atomic E-state index is 0. The van der Waals surface area contributed by atoms with E-state index in [0.717, 1.165) is 51.3 Å². The zero-order valence-electron chi connectivity index (χ0n) is 18.4. The molecule has 28 heavy (non-hydrogen) atoms. The number of nitrogens with one attached hydrogen (secondary N) is 2. The van der Waals surface area contributed by atoms with Crippen LogP contribution < -0.4 is 15.5 Å². The molecule has 1 aromatic carbocycles. The number of guanidine groups is 1. The van der Waals surface area contributed by atoms with Crippen LogP contribution in [0, 0.1) is 11.8 Å². The lowest BCUT2D eigenvalue weighted by Gasteiger charge is -2.17. The number of aliphatic hydroxyl groups excluding tert-OH is 1. The number of aliphatic imine (C=N–C) groups is 1. The normalized spacial score (nSPS) is 12.5. The number of anilines is 1. The van der Waals surface area contributed by atoms with Gasteiger partial charge in [-0.2, -0.15) is 0 Å². The summed E-state index contributed by atoms with van der Waals surface area (Å²) in [5.41, 5.74) is 2.60. The summed E-state index contributed by atoms with van der Waals surface area (Å²) >= 11 is 0. The van der Waals surface area contributed by atoms with Crippen molar-refractivity contribution in [3.05, 3.63) is 29.8 Å². The highest BCUT2D eigenvalue weighted by Gasteiger charge is 2.10. The SMILES string of the molecule is CCNC(=NCC(CCO)CC(C)C)NCCCc1ccc(N(C)C)cc1.I. The summed E-state index contributed by atoms with van der Waals surface area (Å²) in [6, 6.07) is 8.76. The molecule has 0 aliphatic carbocycles. The molecule has 0 aliphatic heterocycles. The molecule has 0 radical (unpaired) electrons. The first-order valence-corrected chi connectivity index (χ1v) is 10.4. The maximum Gasteiger partial charge on any atom is 0.191 e. The third-order valence-electron chi connectivity index (χ3n) is 4.58. The minimum Gasteiger partial charge on any atom is -0.396 e. The number of halogens is 1. The molecule has 6 heteroatoms. The number of hydrogen-bond donors (Lipinski definition) is 3. The maximum atomic E-state index is 9.26. The lowest BCUT2D eigenvalue weighted by molar-refractivity contribution is 0.245. The molecule has 0 fully saturated rings. The van der Waals surface area contributed by atoms with E-state index in [0.29, 0.717) is 11.8 Å². The Balaban J connectivity index is 0.00000729. The van der Waals surface area contributed by atoms with Gasteiger partial charge in [0.25, 0.3) is 0 Å². The van der Waals surface area contributed by atoms with Crippen LogP contribution in [0.5, 0.6) is 0 Å². The number of hydrogen-bond acceptors (Lipinski definition) is 3. The Hall–Kier alpha value is -1.02. The fourth-order valence-corrected chi connectivity index (χ4v) is 3.16. The Morgan fingerprint density at radius 2 is 1.82 bits per heavy atom. The Labute approximate surface area is 189 Å². The average Bonchev–Trinajstić information content (AvgIpc) is 2.63. The van der Waals surface area contributed by atoms with Crippen molar-refractivity contribution in [2.75, 3.05) is 45.2 Å². The summed E-state index contributed by atoms with van der Waals surface area (Å²) in [6.07, 6.45) is 4.05. The predicted molar refractivity (Wildman–Crippen MR) is 133 cm³/mol. The van der Waals surface area contributed by atoms with E-state index in [-0.39, 0.29) is 30.6 Å². The second kappa shape index (κ2) is 15.9. The van der Waals surface area contributed by atoms with Crippen LogP contribution in [-0.4, -0.2) is 51.4 Å². The number of rotatable bonds is 12. The van der Waals surface area contributed by atoms with E-state index in [4.69, 9.17) is 4.99 Å². The monoisotopic (exact) mass is 504 g/mol. The van der Waals surface area contributed by atoms with Crippen molar-refractivity contribution in [3.63, 3.8) is 0 Å². The lowest BCUT2D eigenvalue weighted by Crippen LogP contribution is -2.38. The summed E-state index contributed by atoms with van der Waals surface area (Å²) < 4.78 is 0. The molecule has 5 nitrogen and oxygen atoms in total. The summed E-state index contributed by atoms with van der Waals surface area (Å²) in [4.78, 5) is 6.86. The summed E-state index contributed by atoms with van der Waals surface area (Å²) in [5.74, 6) is 1.96. The Kier molecular flexibility index (Phi) is 15.3. The van der Waals surface area contributed by atoms with Crippen molar-refractivity contribution in [2.45, 2.75) is 46.5 Å². The van der Waals surface area contributed by atoms with Crippen LogP contribution in [0.1, 0.15) is 45.6 Å². The van der Waals surface area contributed by atoms with Gasteiger partial charge in [0.2, 0.25) is 0 Å². The van der Waals surface area contributed by atoms with Crippen molar-refractivity contribution < 1.29 is 5.11 Å². The first kappa shape index (κ1) is 27.0. The van der Waals surface area contributed by atoms with Gasteiger partial charge in [0, 0.05) is 46.0 Å². The molecule has 0 aliphatic rings. The molecule has 0 aromatic heterocycles. The highest BCUT2D eigenvalue weighted by molar-refractivity contribution is 14.0. The van der Waals surface area contributed by atoms with E-state index in [1.807, 2.05) is 0 Å². The Morgan fingerprint density at radius 1 is 1.14 bits per heavy atom. The van der Waals surface area contributed by atoms with Gasteiger partial charge in [0.1, 0.15) is 0 Å². The van der Waals surface area contributed by atoms with Crippen molar-refractivity contribution in [1.82, 2.24) is 10.6 Å². The molecule has 0 saturated heterocycles. The largest absolute Gasteiger partial charge is 0.396 e. The first-order valence-electron chi connectivity index (χ1n) is 10.4. The highest BCUT2D eigenvalue weighted by atomic mass is 127. The van der Waals surface area contributed by atoms with Crippen LogP contribution >= 0.6 is 24.0 Å². The van der Waals surface area contributed by atoms with Gasteiger partial charge in [-0.05, 0) is 62.1 Å². The van der Waals surface area contributed by atoms with Crippen LogP contribution in [0.3, 0.4) is 0 Å². The molecule has 1 aromatic rings. The van der Waals surface area contributed by atoms with E-state index in [1.54, 1.807) is 0 Å². The Morgan fingerprint density at radius 3 is 2.36 bits per heavy atom. The van der Waals surface area contributed by atoms with Gasteiger partial charge in [-0.15, -0.1) is 24.0 Å². The summed E-state index contributed by atoms with van der Waals surface area (Å²) in [6.45, 7) is 9.29.